The second kappa shape index (κ2) is 11.2. The van der Waals surface area contributed by atoms with E-state index in [1.54, 1.807) is 43.5 Å². The number of nitrogens with one attached hydrogen (secondary N) is 1. The van der Waals surface area contributed by atoms with E-state index in [0.717, 1.165) is 0 Å². The lowest BCUT2D eigenvalue weighted by molar-refractivity contribution is -0.111. The van der Waals surface area contributed by atoms with Crippen LogP contribution >= 0.6 is 11.6 Å². The van der Waals surface area contributed by atoms with Crippen molar-refractivity contribution in [1.29, 1.82) is 0 Å². The molecule has 0 atom stereocenters. The van der Waals surface area contributed by atoms with Gasteiger partial charge in [0.1, 0.15) is 6.61 Å². The van der Waals surface area contributed by atoms with E-state index in [0.29, 0.717) is 52.5 Å². The molecule has 0 spiro atoms. The third-order valence-corrected chi connectivity index (χ3v) is 4.17. The summed E-state index contributed by atoms with van der Waals surface area (Å²) in [7, 11) is 6.16. The first-order chi connectivity index (χ1) is 14.0. The zero-order valence-corrected chi connectivity index (χ0v) is 17.5. The molecular formula is C21H24ClNO6. The predicted octanol–water partition coefficient (Wildman–Crippen LogP) is 4.04. The monoisotopic (exact) mass is 421 g/mol. The highest BCUT2D eigenvalue weighted by atomic mass is 35.5. The van der Waals surface area contributed by atoms with Crippen LogP contribution in [0.2, 0.25) is 5.02 Å². The van der Waals surface area contributed by atoms with Gasteiger partial charge in [0.2, 0.25) is 11.7 Å². The molecule has 2 aromatic carbocycles. The molecule has 0 radical (unpaired) electrons. The van der Waals surface area contributed by atoms with E-state index in [1.807, 2.05) is 0 Å². The first-order valence-electron chi connectivity index (χ1n) is 8.73. The van der Waals surface area contributed by atoms with Gasteiger partial charge in [0.05, 0.1) is 38.6 Å². The van der Waals surface area contributed by atoms with Gasteiger partial charge in [-0.15, -0.1) is 0 Å². The van der Waals surface area contributed by atoms with Crippen LogP contribution in [0.4, 0.5) is 5.69 Å². The second-order valence-electron chi connectivity index (χ2n) is 5.74. The number of halogens is 1. The Labute approximate surface area is 175 Å². The van der Waals surface area contributed by atoms with E-state index < -0.39 is 0 Å². The minimum absolute atomic E-state index is 0.310. The minimum Gasteiger partial charge on any atom is -0.493 e. The van der Waals surface area contributed by atoms with Gasteiger partial charge in [0, 0.05) is 13.2 Å². The molecule has 0 unspecified atom stereocenters. The van der Waals surface area contributed by atoms with Gasteiger partial charge in [0.25, 0.3) is 0 Å². The fourth-order valence-electron chi connectivity index (χ4n) is 2.52. The average molecular weight is 422 g/mol. The second-order valence-corrected chi connectivity index (χ2v) is 6.15. The van der Waals surface area contributed by atoms with Gasteiger partial charge in [-0.2, -0.15) is 0 Å². The molecule has 0 fully saturated rings. The first kappa shape index (κ1) is 22.4. The summed E-state index contributed by atoms with van der Waals surface area (Å²) < 4.78 is 26.5. The summed E-state index contributed by atoms with van der Waals surface area (Å²) in [5.74, 6) is 1.51. The molecule has 0 aliphatic carbocycles. The smallest absolute Gasteiger partial charge is 0.248 e. The molecule has 7 nitrogen and oxygen atoms in total. The van der Waals surface area contributed by atoms with E-state index in [9.17, 15) is 4.79 Å². The Morgan fingerprint density at radius 2 is 1.69 bits per heavy atom. The van der Waals surface area contributed by atoms with E-state index in [4.69, 9.17) is 35.3 Å². The number of anilines is 1. The van der Waals surface area contributed by atoms with Gasteiger partial charge < -0.3 is 29.0 Å². The number of benzene rings is 2. The van der Waals surface area contributed by atoms with Crippen molar-refractivity contribution in [1.82, 2.24) is 0 Å². The Morgan fingerprint density at radius 3 is 2.28 bits per heavy atom. The van der Waals surface area contributed by atoms with Crippen molar-refractivity contribution < 1.29 is 28.5 Å². The van der Waals surface area contributed by atoms with Crippen LogP contribution in [0, 0.1) is 0 Å². The van der Waals surface area contributed by atoms with Crippen LogP contribution in [0.5, 0.6) is 23.0 Å². The van der Waals surface area contributed by atoms with Gasteiger partial charge in [0.15, 0.2) is 17.2 Å². The van der Waals surface area contributed by atoms with Crippen LogP contribution in [-0.4, -0.2) is 47.6 Å². The minimum atomic E-state index is -0.349. The molecule has 0 saturated heterocycles. The molecule has 156 valence electrons. The summed E-state index contributed by atoms with van der Waals surface area (Å²) in [5, 5.41) is 3.16. The Hall–Kier alpha value is -2.90. The van der Waals surface area contributed by atoms with Crippen molar-refractivity contribution in [2.75, 3.05) is 47.0 Å². The van der Waals surface area contributed by atoms with Crippen molar-refractivity contribution in [3.05, 3.63) is 47.0 Å². The normalized spacial score (nSPS) is 10.7. The lowest BCUT2D eigenvalue weighted by Crippen LogP contribution is -2.11. The van der Waals surface area contributed by atoms with E-state index in [1.165, 1.54) is 27.4 Å². The molecule has 8 heteroatoms. The number of methoxy groups -OCH3 is 4. The zero-order valence-electron chi connectivity index (χ0n) is 16.8. The van der Waals surface area contributed by atoms with E-state index in [2.05, 4.69) is 5.32 Å². The molecular weight excluding hydrogens is 398 g/mol. The van der Waals surface area contributed by atoms with E-state index >= 15 is 0 Å². The standard InChI is InChI=1S/C21H24ClNO6/c1-25-10-11-29-20-15(22)6-5-7-16(20)23-19(24)9-8-14-12-17(26-2)21(28-4)18(13-14)27-3/h5-9,12-13H,10-11H2,1-4H3,(H,23,24)/b9-8+. The number of para-hydroxylation sites is 1. The van der Waals surface area contributed by atoms with Crippen LogP contribution in [0.25, 0.3) is 6.08 Å². The quantitative estimate of drug-likeness (QED) is 0.461. The van der Waals surface area contributed by atoms with Crippen molar-refractivity contribution in [2.24, 2.45) is 0 Å². The zero-order chi connectivity index (χ0) is 21.2. The van der Waals surface area contributed by atoms with Crippen LogP contribution in [0.15, 0.2) is 36.4 Å². The molecule has 0 aliphatic rings. The summed E-state index contributed by atoms with van der Waals surface area (Å²) >= 11 is 6.19. The Bertz CT molecular complexity index is 843. The van der Waals surface area contributed by atoms with Gasteiger partial charge in [-0.1, -0.05) is 17.7 Å². The highest BCUT2D eigenvalue weighted by Crippen LogP contribution is 2.38. The third-order valence-electron chi connectivity index (χ3n) is 3.87. The fourth-order valence-corrected chi connectivity index (χ4v) is 2.75. The van der Waals surface area contributed by atoms with Crippen molar-refractivity contribution in [2.45, 2.75) is 0 Å². The van der Waals surface area contributed by atoms with Crippen LogP contribution in [-0.2, 0) is 9.53 Å². The summed E-state index contributed by atoms with van der Waals surface area (Å²) in [6.45, 7) is 0.712. The molecule has 0 aromatic heterocycles. The lowest BCUT2D eigenvalue weighted by Gasteiger charge is -2.13. The average Bonchev–Trinajstić information content (AvgIpc) is 2.73. The number of amides is 1. The topological polar surface area (TPSA) is 75.3 Å². The Morgan fingerprint density at radius 1 is 1.00 bits per heavy atom. The highest BCUT2D eigenvalue weighted by Gasteiger charge is 2.13. The maximum Gasteiger partial charge on any atom is 0.248 e. The molecule has 29 heavy (non-hydrogen) atoms. The Balaban J connectivity index is 2.17. The number of carbonyl (C=O) groups is 1. The van der Waals surface area contributed by atoms with Crippen LogP contribution in [0.3, 0.4) is 0 Å². The number of hydrogen-bond acceptors (Lipinski definition) is 6. The maximum absolute atomic E-state index is 12.4. The van der Waals surface area contributed by atoms with Crippen molar-refractivity contribution >= 4 is 29.3 Å². The SMILES string of the molecule is COCCOc1c(Cl)cccc1NC(=O)/C=C/c1cc(OC)c(OC)c(OC)c1. The summed E-state index contributed by atoms with van der Waals surface area (Å²) in [5.41, 5.74) is 1.17. The highest BCUT2D eigenvalue weighted by molar-refractivity contribution is 6.32. The Kier molecular flexibility index (Phi) is 8.64. The van der Waals surface area contributed by atoms with Crippen molar-refractivity contribution in [3.8, 4) is 23.0 Å². The van der Waals surface area contributed by atoms with E-state index in [-0.39, 0.29) is 5.91 Å². The first-order valence-corrected chi connectivity index (χ1v) is 9.11. The van der Waals surface area contributed by atoms with Gasteiger partial charge in [-0.05, 0) is 35.9 Å². The molecule has 0 saturated carbocycles. The third kappa shape index (κ3) is 6.04. The number of carbonyl (C=O) groups excluding carboxylic acids is 1. The summed E-state index contributed by atoms with van der Waals surface area (Å²) in [6, 6.07) is 8.60. The molecule has 0 aliphatic heterocycles. The summed E-state index contributed by atoms with van der Waals surface area (Å²) in [6.07, 6.45) is 3.02. The summed E-state index contributed by atoms with van der Waals surface area (Å²) in [4.78, 5) is 12.4. The molecule has 1 N–H and O–H groups in total. The number of ether oxygens (including phenoxy) is 5. The lowest BCUT2D eigenvalue weighted by atomic mass is 10.1. The van der Waals surface area contributed by atoms with Crippen LogP contribution in [0.1, 0.15) is 5.56 Å². The fraction of sp³-hybridized carbons (Fsp3) is 0.286. The molecule has 0 bridgehead atoms. The van der Waals surface area contributed by atoms with Gasteiger partial charge in [-0.3, -0.25) is 4.79 Å². The van der Waals surface area contributed by atoms with Crippen molar-refractivity contribution in [3.63, 3.8) is 0 Å². The molecule has 2 aromatic rings. The predicted molar refractivity (Wildman–Crippen MR) is 113 cm³/mol. The maximum atomic E-state index is 12.4. The largest absolute Gasteiger partial charge is 0.493 e. The van der Waals surface area contributed by atoms with Crippen LogP contribution < -0.4 is 24.3 Å². The van der Waals surface area contributed by atoms with Gasteiger partial charge in [-0.25, -0.2) is 0 Å². The number of rotatable bonds is 10. The number of hydrogen-bond donors (Lipinski definition) is 1. The molecule has 2 rings (SSSR count). The molecule has 1 amide bonds. The van der Waals surface area contributed by atoms with Gasteiger partial charge >= 0.3 is 0 Å². The molecule has 0 heterocycles.